The Kier molecular flexibility index (Phi) is 6.88. The van der Waals surface area contributed by atoms with E-state index in [1.807, 2.05) is 12.1 Å². The maximum absolute atomic E-state index is 11.2. The Morgan fingerprint density at radius 1 is 0.833 bits per heavy atom. The molecule has 0 N–H and O–H groups in total. The molecule has 0 saturated heterocycles. The number of benzene rings is 2. The van der Waals surface area contributed by atoms with E-state index in [4.69, 9.17) is 0 Å². The standard InChI is InChI=1S/C23H22O/c1-3-4-5-8-20-11-13-21(14-12-20)9-6-7-10-22-15-17-23(18-16-22)19(2)24/h11-18H,3-5,8H2,1-2H3. The summed E-state index contributed by atoms with van der Waals surface area (Å²) in [6, 6.07) is 15.7. The van der Waals surface area contributed by atoms with E-state index >= 15 is 0 Å². The first-order chi connectivity index (χ1) is 11.7. The third-order valence-electron chi connectivity index (χ3n) is 3.79. The molecule has 2 aromatic rings. The zero-order valence-corrected chi connectivity index (χ0v) is 14.4. The van der Waals surface area contributed by atoms with Crippen LogP contribution in [0.4, 0.5) is 0 Å². The molecule has 0 aromatic heterocycles. The molecule has 1 nitrogen and oxygen atoms in total. The Morgan fingerprint density at radius 2 is 1.38 bits per heavy atom. The van der Waals surface area contributed by atoms with Crippen molar-refractivity contribution >= 4 is 5.78 Å². The molecule has 0 bridgehead atoms. The van der Waals surface area contributed by atoms with Crippen molar-refractivity contribution in [1.29, 1.82) is 0 Å². The molecule has 0 unspecified atom stereocenters. The normalized spacial score (nSPS) is 9.42. The summed E-state index contributed by atoms with van der Waals surface area (Å²) in [5.74, 6) is 11.9. The van der Waals surface area contributed by atoms with Crippen molar-refractivity contribution in [3.05, 3.63) is 70.8 Å². The zero-order chi connectivity index (χ0) is 17.2. The fourth-order valence-electron chi connectivity index (χ4n) is 2.33. The highest BCUT2D eigenvalue weighted by Crippen LogP contribution is 2.08. The van der Waals surface area contributed by atoms with Gasteiger partial charge in [-0.15, -0.1) is 0 Å². The third-order valence-corrected chi connectivity index (χ3v) is 3.79. The molecule has 120 valence electrons. The number of carbonyl (C=O) groups is 1. The number of aryl methyl sites for hydroxylation is 1. The molecule has 2 rings (SSSR count). The van der Waals surface area contributed by atoms with Crippen molar-refractivity contribution in [2.75, 3.05) is 0 Å². The van der Waals surface area contributed by atoms with Crippen LogP contribution in [0.3, 0.4) is 0 Å². The van der Waals surface area contributed by atoms with Crippen molar-refractivity contribution in [1.82, 2.24) is 0 Å². The van der Waals surface area contributed by atoms with Crippen LogP contribution in [-0.4, -0.2) is 5.78 Å². The van der Waals surface area contributed by atoms with Gasteiger partial charge in [-0.1, -0.05) is 55.9 Å². The average molecular weight is 314 g/mol. The van der Waals surface area contributed by atoms with E-state index in [0.29, 0.717) is 5.56 Å². The van der Waals surface area contributed by atoms with Gasteiger partial charge in [-0.3, -0.25) is 4.79 Å². The predicted molar refractivity (Wildman–Crippen MR) is 99.9 cm³/mol. The quantitative estimate of drug-likeness (QED) is 0.430. The van der Waals surface area contributed by atoms with Gasteiger partial charge in [-0.2, -0.15) is 0 Å². The van der Waals surface area contributed by atoms with Crippen LogP contribution >= 0.6 is 0 Å². The summed E-state index contributed by atoms with van der Waals surface area (Å²) < 4.78 is 0. The van der Waals surface area contributed by atoms with E-state index in [-0.39, 0.29) is 5.78 Å². The lowest BCUT2D eigenvalue weighted by Crippen LogP contribution is -1.90. The fraction of sp³-hybridized carbons (Fsp3) is 0.261. The molecule has 0 heterocycles. The summed E-state index contributed by atoms with van der Waals surface area (Å²) in [4.78, 5) is 11.2. The van der Waals surface area contributed by atoms with Crippen LogP contribution in [-0.2, 0) is 6.42 Å². The van der Waals surface area contributed by atoms with E-state index in [1.54, 1.807) is 19.1 Å². The van der Waals surface area contributed by atoms with Crippen LogP contribution in [0.15, 0.2) is 48.5 Å². The van der Waals surface area contributed by atoms with Crippen LogP contribution in [0, 0.1) is 23.7 Å². The molecule has 1 heteroatoms. The first-order valence-corrected chi connectivity index (χ1v) is 8.41. The van der Waals surface area contributed by atoms with Gasteiger partial charge in [0.25, 0.3) is 0 Å². The van der Waals surface area contributed by atoms with Gasteiger partial charge >= 0.3 is 0 Å². The molecule has 0 saturated carbocycles. The van der Waals surface area contributed by atoms with Crippen LogP contribution in [0.1, 0.15) is 60.2 Å². The summed E-state index contributed by atoms with van der Waals surface area (Å²) in [5.41, 5.74) is 3.91. The van der Waals surface area contributed by atoms with Gasteiger partial charge in [-0.05, 0) is 61.4 Å². The van der Waals surface area contributed by atoms with Gasteiger partial charge in [0.05, 0.1) is 0 Å². The fourth-order valence-corrected chi connectivity index (χ4v) is 2.33. The van der Waals surface area contributed by atoms with E-state index in [9.17, 15) is 4.79 Å². The minimum atomic E-state index is 0.0624. The van der Waals surface area contributed by atoms with Gasteiger partial charge < -0.3 is 0 Å². The Bertz CT molecular complexity index is 788. The number of hydrogen-bond acceptors (Lipinski definition) is 1. The molecule has 0 spiro atoms. The molecule has 0 aliphatic heterocycles. The maximum Gasteiger partial charge on any atom is 0.159 e. The van der Waals surface area contributed by atoms with E-state index in [1.165, 1.54) is 24.8 Å². The lowest BCUT2D eigenvalue weighted by Gasteiger charge is -2.00. The molecule has 0 amide bonds. The van der Waals surface area contributed by atoms with Crippen LogP contribution < -0.4 is 0 Å². The number of carbonyl (C=O) groups excluding carboxylic acids is 1. The molecule has 24 heavy (non-hydrogen) atoms. The van der Waals surface area contributed by atoms with Crippen molar-refractivity contribution in [2.45, 2.75) is 39.5 Å². The first kappa shape index (κ1) is 17.6. The molecular weight excluding hydrogens is 292 g/mol. The van der Waals surface area contributed by atoms with Gasteiger partial charge in [-0.25, -0.2) is 0 Å². The van der Waals surface area contributed by atoms with Crippen LogP contribution in [0.2, 0.25) is 0 Å². The van der Waals surface area contributed by atoms with Crippen LogP contribution in [0.5, 0.6) is 0 Å². The molecule has 2 aromatic carbocycles. The summed E-state index contributed by atoms with van der Waals surface area (Å²) in [7, 11) is 0. The van der Waals surface area contributed by atoms with E-state index < -0.39 is 0 Å². The summed E-state index contributed by atoms with van der Waals surface area (Å²) in [6.07, 6.45) is 4.91. The highest BCUT2D eigenvalue weighted by atomic mass is 16.1. The van der Waals surface area contributed by atoms with Gasteiger partial charge in [0.2, 0.25) is 0 Å². The second kappa shape index (κ2) is 9.39. The number of Topliss-reactive ketones (excluding diaryl/α,β-unsaturated/α-hetero) is 1. The minimum absolute atomic E-state index is 0.0624. The molecule has 0 atom stereocenters. The zero-order valence-electron chi connectivity index (χ0n) is 14.4. The Balaban J connectivity index is 1.94. The average Bonchev–Trinajstić information content (AvgIpc) is 2.60. The van der Waals surface area contributed by atoms with E-state index in [2.05, 4.69) is 54.9 Å². The minimum Gasteiger partial charge on any atom is -0.295 e. The van der Waals surface area contributed by atoms with Crippen LogP contribution in [0.25, 0.3) is 0 Å². The van der Waals surface area contributed by atoms with Gasteiger partial charge in [0.15, 0.2) is 5.78 Å². The van der Waals surface area contributed by atoms with E-state index in [0.717, 1.165) is 17.5 Å². The maximum atomic E-state index is 11.2. The topological polar surface area (TPSA) is 17.1 Å². The smallest absolute Gasteiger partial charge is 0.159 e. The highest BCUT2D eigenvalue weighted by molar-refractivity contribution is 5.94. The van der Waals surface area contributed by atoms with Gasteiger partial charge in [0.1, 0.15) is 0 Å². The lowest BCUT2D eigenvalue weighted by atomic mass is 10.1. The third kappa shape index (κ3) is 5.79. The largest absolute Gasteiger partial charge is 0.295 e. The molecule has 0 aliphatic carbocycles. The Labute approximate surface area is 145 Å². The highest BCUT2D eigenvalue weighted by Gasteiger charge is 1.96. The summed E-state index contributed by atoms with van der Waals surface area (Å²) in [6.45, 7) is 3.78. The lowest BCUT2D eigenvalue weighted by molar-refractivity contribution is 0.101. The second-order valence-corrected chi connectivity index (χ2v) is 5.79. The van der Waals surface area contributed by atoms with Crippen molar-refractivity contribution in [3.8, 4) is 23.7 Å². The predicted octanol–water partition coefficient (Wildman–Crippen LogP) is 5.03. The number of rotatable bonds is 5. The summed E-state index contributed by atoms with van der Waals surface area (Å²) >= 11 is 0. The SMILES string of the molecule is CCCCCc1ccc(C#CC#Cc2ccc(C(C)=O)cc2)cc1. The number of unbranched alkanes of at least 4 members (excludes halogenated alkanes) is 2. The number of ketones is 1. The van der Waals surface area contributed by atoms with Crippen molar-refractivity contribution < 1.29 is 4.79 Å². The Morgan fingerprint density at radius 3 is 1.88 bits per heavy atom. The Hall–Kier alpha value is -2.77. The van der Waals surface area contributed by atoms with Crippen molar-refractivity contribution in [3.63, 3.8) is 0 Å². The first-order valence-electron chi connectivity index (χ1n) is 8.41. The van der Waals surface area contributed by atoms with Crippen molar-refractivity contribution in [2.24, 2.45) is 0 Å². The molecule has 0 radical (unpaired) electrons. The molecule has 0 fully saturated rings. The van der Waals surface area contributed by atoms with Gasteiger partial charge in [0, 0.05) is 16.7 Å². The molecule has 0 aliphatic rings. The number of hydrogen-bond donors (Lipinski definition) is 0. The summed E-state index contributed by atoms with van der Waals surface area (Å²) in [5, 5.41) is 0. The molecular formula is C23H22O. The monoisotopic (exact) mass is 314 g/mol. The second-order valence-electron chi connectivity index (χ2n) is 5.79.